The molecule has 0 heterocycles. The minimum absolute atomic E-state index is 0.177. The molecule has 0 radical (unpaired) electrons. The van der Waals surface area contributed by atoms with Crippen molar-refractivity contribution < 1.29 is 4.79 Å². The van der Waals surface area contributed by atoms with Gasteiger partial charge in [0.1, 0.15) is 0 Å². The highest BCUT2D eigenvalue weighted by Gasteiger charge is 2.22. The van der Waals surface area contributed by atoms with Crippen molar-refractivity contribution in [1.82, 2.24) is 10.2 Å². The van der Waals surface area contributed by atoms with Gasteiger partial charge >= 0.3 is 0 Å². The number of nitrogens with one attached hydrogen (secondary N) is 1. The minimum Gasteiger partial charge on any atom is -0.349 e. The minimum atomic E-state index is 0.177. The molecule has 2 atom stereocenters. The Bertz CT molecular complexity index is 206. The van der Waals surface area contributed by atoms with Crippen LogP contribution in [-0.4, -0.2) is 37.0 Å². The first kappa shape index (κ1) is 14.4. The number of amides is 1. The van der Waals surface area contributed by atoms with E-state index < -0.39 is 0 Å². The summed E-state index contributed by atoms with van der Waals surface area (Å²) >= 11 is 0. The van der Waals surface area contributed by atoms with Crippen LogP contribution in [0.1, 0.15) is 41.0 Å². The Morgan fingerprint density at radius 3 is 2.07 bits per heavy atom. The van der Waals surface area contributed by atoms with Crippen molar-refractivity contribution in [2.45, 2.75) is 53.1 Å². The molecule has 0 saturated heterocycles. The van der Waals surface area contributed by atoms with Crippen LogP contribution in [0.15, 0.2) is 0 Å². The van der Waals surface area contributed by atoms with Crippen LogP contribution in [0, 0.1) is 5.41 Å². The molecule has 0 aliphatic carbocycles. The van der Waals surface area contributed by atoms with E-state index in [2.05, 4.69) is 39.9 Å². The van der Waals surface area contributed by atoms with Gasteiger partial charge in [0.25, 0.3) is 0 Å². The predicted octanol–water partition coefficient (Wildman–Crippen LogP) is 1.88. The lowest BCUT2D eigenvalue weighted by molar-refractivity contribution is -0.129. The molecular formula is C12H26N2O. The van der Waals surface area contributed by atoms with Gasteiger partial charge in [0, 0.05) is 32.6 Å². The standard InChI is InChI=1S/C12H26N2O/c1-9(8-11(15)14(6)7)13-10(2)12(3,4)5/h9-10,13H,8H2,1-7H3. The molecule has 15 heavy (non-hydrogen) atoms. The molecule has 0 aromatic carbocycles. The molecule has 0 aliphatic heterocycles. The monoisotopic (exact) mass is 214 g/mol. The normalized spacial score (nSPS) is 15.9. The smallest absolute Gasteiger partial charge is 0.223 e. The Labute approximate surface area is 94.2 Å². The van der Waals surface area contributed by atoms with Crippen LogP contribution < -0.4 is 5.32 Å². The van der Waals surface area contributed by atoms with Gasteiger partial charge in [-0.05, 0) is 19.3 Å². The first-order chi connectivity index (χ1) is 6.64. The van der Waals surface area contributed by atoms with E-state index >= 15 is 0 Å². The molecule has 0 rings (SSSR count). The molecule has 3 nitrogen and oxygen atoms in total. The molecule has 1 amide bonds. The molecule has 0 aromatic rings. The molecule has 2 unspecified atom stereocenters. The van der Waals surface area contributed by atoms with Gasteiger partial charge in [-0.25, -0.2) is 0 Å². The van der Waals surface area contributed by atoms with Crippen molar-refractivity contribution in [3.63, 3.8) is 0 Å². The number of rotatable bonds is 4. The van der Waals surface area contributed by atoms with E-state index in [-0.39, 0.29) is 17.4 Å². The van der Waals surface area contributed by atoms with Crippen LogP contribution in [0.25, 0.3) is 0 Å². The number of carbonyl (C=O) groups is 1. The number of carbonyl (C=O) groups excluding carboxylic acids is 1. The zero-order valence-electron chi connectivity index (χ0n) is 11.2. The quantitative estimate of drug-likeness (QED) is 0.775. The van der Waals surface area contributed by atoms with Gasteiger partial charge in [-0.1, -0.05) is 20.8 Å². The van der Waals surface area contributed by atoms with Gasteiger partial charge in [-0.15, -0.1) is 0 Å². The SMILES string of the molecule is CC(CC(=O)N(C)C)NC(C)C(C)(C)C. The Hall–Kier alpha value is -0.570. The molecule has 3 heteroatoms. The summed E-state index contributed by atoms with van der Waals surface area (Å²) in [7, 11) is 3.59. The number of hydrogen-bond acceptors (Lipinski definition) is 2. The largest absolute Gasteiger partial charge is 0.349 e. The van der Waals surface area contributed by atoms with Crippen LogP contribution in [-0.2, 0) is 4.79 Å². The highest BCUT2D eigenvalue weighted by molar-refractivity contribution is 5.76. The summed E-state index contributed by atoms with van der Waals surface area (Å²) in [6.45, 7) is 10.8. The summed E-state index contributed by atoms with van der Waals surface area (Å²) < 4.78 is 0. The van der Waals surface area contributed by atoms with Crippen molar-refractivity contribution in [1.29, 1.82) is 0 Å². The molecule has 0 fully saturated rings. The van der Waals surface area contributed by atoms with E-state index in [0.29, 0.717) is 12.5 Å². The Kier molecular flexibility index (Phi) is 5.29. The zero-order chi connectivity index (χ0) is 12.2. The highest BCUT2D eigenvalue weighted by atomic mass is 16.2. The van der Waals surface area contributed by atoms with Crippen LogP contribution in [0.3, 0.4) is 0 Å². The lowest BCUT2D eigenvalue weighted by atomic mass is 9.87. The Morgan fingerprint density at radius 1 is 1.27 bits per heavy atom. The van der Waals surface area contributed by atoms with Crippen molar-refractivity contribution in [2.75, 3.05) is 14.1 Å². The molecular weight excluding hydrogens is 188 g/mol. The Balaban J connectivity index is 4.04. The fourth-order valence-corrected chi connectivity index (χ4v) is 1.18. The molecule has 0 aliphatic rings. The predicted molar refractivity (Wildman–Crippen MR) is 64.8 cm³/mol. The maximum atomic E-state index is 11.5. The maximum Gasteiger partial charge on any atom is 0.223 e. The fourth-order valence-electron chi connectivity index (χ4n) is 1.18. The third-order valence-corrected chi connectivity index (χ3v) is 2.81. The van der Waals surface area contributed by atoms with Crippen molar-refractivity contribution in [3.05, 3.63) is 0 Å². The van der Waals surface area contributed by atoms with Crippen molar-refractivity contribution in [3.8, 4) is 0 Å². The molecule has 90 valence electrons. The number of hydrogen-bond donors (Lipinski definition) is 1. The topological polar surface area (TPSA) is 32.3 Å². The van der Waals surface area contributed by atoms with Gasteiger partial charge in [-0.3, -0.25) is 4.79 Å². The second kappa shape index (κ2) is 5.50. The summed E-state index contributed by atoms with van der Waals surface area (Å²) in [6, 6.07) is 0.636. The van der Waals surface area contributed by atoms with Crippen LogP contribution in [0.5, 0.6) is 0 Å². The third-order valence-electron chi connectivity index (χ3n) is 2.81. The van der Waals surface area contributed by atoms with E-state index in [1.807, 2.05) is 0 Å². The van der Waals surface area contributed by atoms with Gasteiger partial charge in [-0.2, -0.15) is 0 Å². The van der Waals surface area contributed by atoms with Crippen LogP contribution in [0.2, 0.25) is 0 Å². The average Bonchev–Trinajstić information content (AvgIpc) is 2.01. The molecule has 0 saturated carbocycles. The van der Waals surface area contributed by atoms with Crippen LogP contribution >= 0.6 is 0 Å². The summed E-state index contributed by atoms with van der Waals surface area (Å²) in [5.41, 5.74) is 0.232. The Morgan fingerprint density at radius 2 is 1.73 bits per heavy atom. The van der Waals surface area contributed by atoms with E-state index in [9.17, 15) is 4.79 Å². The lowest BCUT2D eigenvalue weighted by Gasteiger charge is -2.31. The lowest BCUT2D eigenvalue weighted by Crippen LogP contribution is -2.44. The second-order valence-electron chi connectivity index (χ2n) is 5.65. The fraction of sp³-hybridized carbons (Fsp3) is 0.917. The highest BCUT2D eigenvalue weighted by Crippen LogP contribution is 2.19. The van der Waals surface area contributed by atoms with E-state index in [4.69, 9.17) is 0 Å². The van der Waals surface area contributed by atoms with Gasteiger partial charge < -0.3 is 10.2 Å². The molecule has 0 spiro atoms. The summed E-state index contributed by atoms with van der Waals surface area (Å²) in [4.78, 5) is 13.1. The first-order valence-corrected chi connectivity index (χ1v) is 5.60. The summed E-state index contributed by atoms with van der Waals surface area (Å²) in [6.07, 6.45) is 0.563. The molecule has 1 N–H and O–H groups in total. The molecule has 0 bridgehead atoms. The van der Waals surface area contributed by atoms with Gasteiger partial charge in [0.15, 0.2) is 0 Å². The van der Waals surface area contributed by atoms with Crippen molar-refractivity contribution in [2.24, 2.45) is 5.41 Å². The summed E-state index contributed by atoms with van der Waals surface area (Å²) in [5.74, 6) is 0.177. The molecule has 0 aromatic heterocycles. The zero-order valence-corrected chi connectivity index (χ0v) is 11.2. The van der Waals surface area contributed by atoms with Crippen molar-refractivity contribution >= 4 is 5.91 Å². The third kappa shape index (κ3) is 5.78. The van der Waals surface area contributed by atoms with Gasteiger partial charge in [0.2, 0.25) is 5.91 Å². The maximum absolute atomic E-state index is 11.5. The van der Waals surface area contributed by atoms with Crippen LogP contribution in [0.4, 0.5) is 0 Å². The first-order valence-electron chi connectivity index (χ1n) is 5.60. The second-order valence-corrected chi connectivity index (χ2v) is 5.65. The van der Waals surface area contributed by atoms with E-state index in [1.165, 1.54) is 0 Å². The number of nitrogens with zero attached hydrogens (tertiary/aromatic N) is 1. The van der Waals surface area contributed by atoms with E-state index in [0.717, 1.165) is 0 Å². The average molecular weight is 214 g/mol. The van der Waals surface area contributed by atoms with E-state index in [1.54, 1.807) is 19.0 Å². The van der Waals surface area contributed by atoms with Gasteiger partial charge in [0.05, 0.1) is 0 Å². The summed E-state index contributed by atoms with van der Waals surface area (Å²) in [5, 5.41) is 3.46.